The molecule has 80 heavy (non-hydrogen) atoms. The SMILES string of the molecule is Cc1cccc2c3cccc(C)c3n(-c3cc(C(C)(C)C)cc(-n4c5c(C)cccc5c5cccc(C)c54)c3N3[CH-]N(c4[c-]c(Oc5[c-]c6c(cc5)c5ccccc5n6-c5cc(C(C)(C)C)ccn5)ccc4)c4ccncc43)c12.[Pt]. The monoisotopic (exact) mass is 1220 g/mol. The fourth-order valence-electron chi connectivity index (χ4n) is 12.3. The molecule has 13 aromatic rings. The van der Waals surface area contributed by atoms with E-state index in [4.69, 9.17) is 14.7 Å². The summed E-state index contributed by atoms with van der Waals surface area (Å²) >= 11 is 0. The summed E-state index contributed by atoms with van der Waals surface area (Å²) in [5.74, 6) is 1.99. The van der Waals surface area contributed by atoms with E-state index in [0.29, 0.717) is 11.5 Å². The number of fused-ring (bicyclic) bond motifs is 10. The van der Waals surface area contributed by atoms with Crippen molar-refractivity contribution in [3.8, 4) is 28.7 Å². The number of aromatic nitrogens is 5. The van der Waals surface area contributed by atoms with E-state index in [1.807, 2.05) is 36.8 Å². The van der Waals surface area contributed by atoms with Crippen molar-refractivity contribution in [3.63, 3.8) is 0 Å². The molecular formula is C71H60N7OPt-3. The Morgan fingerprint density at radius 3 is 1.56 bits per heavy atom. The first kappa shape index (κ1) is 51.0. The van der Waals surface area contributed by atoms with Crippen molar-refractivity contribution in [1.29, 1.82) is 0 Å². The minimum atomic E-state index is -0.226. The van der Waals surface area contributed by atoms with Crippen molar-refractivity contribution in [2.45, 2.75) is 80.1 Å². The number of rotatable bonds is 7. The smallest absolute Gasteiger partial charge is 0.135 e. The molecule has 0 amide bonds. The summed E-state index contributed by atoms with van der Waals surface area (Å²) in [6, 6.07) is 64.2. The maximum atomic E-state index is 6.82. The second-order valence-electron chi connectivity index (χ2n) is 23.5. The first-order valence-electron chi connectivity index (χ1n) is 27.3. The van der Waals surface area contributed by atoms with Crippen LogP contribution in [-0.2, 0) is 31.9 Å². The Kier molecular flexibility index (Phi) is 12.0. The van der Waals surface area contributed by atoms with Crippen molar-refractivity contribution in [2.75, 3.05) is 9.80 Å². The second-order valence-corrected chi connectivity index (χ2v) is 23.5. The maximum absolute atomic E-state index is 6.82. The zero-order valence-corrected chi connectivity index (χ0v) is 48.9. The van der Waals surface area contributed by atoms with Gasteiger partial charge in [-0.2, -0.15) is 12.1 Å². The van der Waals surface area contributed by atoms with Gasteiger partial charge in [0.25, 0.3) is 0 Å². The van der Waals surface area contributed by atoms with Gasteiger partial charge in [0.1, 0.15) is 5.82 Å². The first-order valence-corrected chi connectivity index (χ1v) is 27.3. The molecule has 0 unspecified atom stereocenters. The van der Waals surface area contributed by atoms with E-state index in [1.54, 1.807) is 0 Å². The van der Waals surface area contributed by atoms with E-state index < -0.39 is 0 Å². The van der Waals surface area contributed by atoms with Gasteiger partial charge in [-0.25, -0.2) is 4.98 Å². The number of pyridine rings is 2. The van der Waals surface area contributed by atoms with Crippen molar-refractivity contribution in [2.24, 2.45) is 0 Å². The maximum Gasteiger partial charge on any atom is 0.135 e. The fraction of sp³-hybridized carbons (Fsp3) is 0.169. The number of aryl methyl sites for hydroxylation is 4. The summed E-state index contributed by atoms with van der Waals surface area (Å²) in [6.45, 7) is 24.9. The molecule has 0 saturated carbocycles. The Morgan fingerprint density at radius 1 is 0.450 bits per heavy atom. The van der Waals surface area contributed by atoms with Gasteiger partial charge in [0.05, 0.1) is 51.0 Å². The Hall–Kier alpha value is -8.45. The van der Waals surface area contributed by atoms with Crippen LogP contribution >= 0.6 is 0 Å². The summed E-state index contributed by atoms with van der Waals surface area (Å²) in [6.07, 6.45) is 5.78. The Bertz CT molecular complexity index is 4390. The molecule has 0 atom stereocenters. The largest absolute Gasteiger partial charge is 0.509 e. The third kappa shape index (κ3) is 7.97. The quantitative estimate of drug-likeness (QED) is 0.149. The molecule has 1 aliphatic rings. The van der Waals surface area contributed by atoms with Crippen LogP contribution in [0.1, 0.15) is 74.9 Å². The second kappa shape index (κ2) is 18.8. The number of anilines is 4. The van der Waals surface area contributed by atoms with E-state index in [-0.39, 0.29) is 31.9 Å². The van der Waals surface area contributed by atoms with E-state index >= 15 is 0 Å². The van der Waals surface area contributed by atoms with E-state index in [2.05, 4.69) is 251 Å². The summed E-state index contributed by atoms with van der Waals surface area (Å²) in [4.78, 5) is 14.4. The Morgan fingerprint density at radius 2 is 0.988 bits per heavy atom. The summed E-state index contributed by atoms with van der Waals surface area (Å²) in [7, 11) is 0. The molecule has 0 saturated heterocycles. The van der Waals surface area contributed by atoms with Gasteiger partial charge in [-0.05, 0) is 114 Å². The number of para-hydroxylation sites is 5. The summed E-state index contributed by atoms with van der Waals surface area (Å²) in [5, 5.41) is 7.10. The third-order valence-corrected chi connectivity index (χ3v) is 16.2. The van der Waals surface area contributed by atoms with Gasteiger partial charge in [-0.15, -0.1) is 48.1 Å². The van der Waals surface area contributed by atoms with Crippen molar-refractivity contribution in [1.82, 2.24) is 23.7 Å². The van der Waals surface area contributed by atoms with Crippen molar-refractivity contribution >= 4 is 88.2 Å². The van der Waals surface area contributed by atoms with Crippen LogP contribution < -0.4 is 14.5 Å². The van der Waals surface area contributed by atoms with Crippen LogP contribution in [0.3, 0.4) is 0 Å². The fourth-order valence-corrected chi connectivity index (χ4v) is 12.3. The van der Waals surface area contributed by atoms with Crippen LogP contribution in [0.4, 0.5) is 22.7 Å². The molecule has 0 bridgehead atoms. The zero-order chi connectivity index (χ0) is 54.2. The topological polar surface area (TPSA) is 56.3 Å². The van der Waals surface area contributed by atoms with Crippen LogP contribution in [0.2, 0.25) is 0 Å². The molecule has 0 radical (unpaired) electrons. The summed E-state index contributed by atoms with van der Waals surface area (Å²) < 4.78 is 14.1. The number of ether oxygens (including phenoxy) is 1. The minimum absolute atomic E-state index is 0. The first-order chi connectivity index (χ1) is 38.1. The predicted octanol–water partition coefficient (Wildman–Crippen LogP) is 18.4. The molecule has 9 heteroatoms. The van der Waals surface area contributed by atoms with Gasteiger partial charge in [-0.1, -0.05) is 138 Å². The Labute approximate surface area is 481 Å². The zero-order valence-electron chi connectivity index (χ0n) is 46.7. The normalized spacial score (nSPS) is 12.9. The number of benzene rings is 8. The van der Waals surface area contributed by atoms with E-state index in [0.717, 1.165) is 61.7 Å². The molecular weight excluding hydrogens is 1160 g/mol. The molecule has 6 heterocycles. The number of nitrogens with zero attached hydrogens (tertiary/aromatic N) is 7. The standard InChI is InChI=1S/C71H60N7O.Pt/c1-43-18-13-25-54-55-26-14-19-44(2)66(55)77(65(43)54)61-36-48(71(8,9)10)37-62(78-67-45(3)20-15-27-56(67)57-28-16-21-46(4)68(57)78)69(61)75-42-74(59-33-34-72-41-63(59)75)49-22-17-23-50(39-49)79-51-30-31-53-52-24-11-12-29-58(52)76(60(53)40-51)64-38-47(32-35-73-64)70(5,6)7;/h11-38,41-42H,1-10H3;/q-3;. The van der Waals surface area contributed by atoms with Crippen LogP contribution in [0, 0.1) is 46.5 Å². The van der Waals surface area contributed by atoms with Gasteiger partial charge in [0.2, 0.25) is 0 Å². The van der Waals surface area contributed by atoms with Gasteiger partial charge in [0, 0.05) is 77.7 Å². The van der Waals surface area contributed by atoms with Gasteiger partial charge >= 0.3 is 0 Å². The van der Waals surface area contributed by atoms with Crippen LogP contribution in [0.15, 0.2) is 176 Å². The van der Waals surface area contributed by atoms with Crippen molar-refractivity contribution < 1.29 is 25.8 Å². The molecule has 5 aromatic heterocycles. The Balaban J connectivity index is 0.00000605. The predicted molar refractivity (Wildman–Crippen MR) is 327 cm³/mol. The third-order valence-electron chi connectivity index (χ3n) is 16.2. The molecule has 0 spiro atoms. The molecule has 1 aliphatic heterocycles. The minimum Gasteiger partial charge on any atom is -0.509 e. The van der Waals surface area contributed by atoms with Crippen LogP contribution in [0.25, 0.3) is 82.6 Å². The van der Waals surface area contributed by atoms with Gasteiger partial charge in [-0.3, -0.25) is 4.98 Å². The van der Waals surface area contributed by atoms with Gasteiger partial charge in [0.15, 0.2) is 0 Å². The summed E-state index contributed by atoms with van der Waals surface area (Å²) in [5.41, 5.74) is 19.5. The molecule has 0 aliphatic carbocycles. The van der Waals surface area contributed by atoms with Crippen LogP contribution in [-0.4, -0.2) is 23.7 Å². The van der Waals surface area contributed by atoms with Crippen molar-refractivity contribution in [3.05, 3.63) is 228 Å². The molecule has 14 rings (SSSR count). The average Bonchev–Trinajstić information content (AvgIpc) is 4.36. The molecule has 8 nitrogen and oxygen atoms in total. The van der Waals surface area contributed by atoms with Crippen LogP contribution in [0.5, 0.6) is 11.5 Å². The van der Waals surface area contributed by atoms with E-state index in [1.165, 1.54) is 77.0 Å². The molecule has 398 valence electrons. The average molecular weight is 1220 g/mol. The van der Waals surface area contributed by atoms with E-state index in [9.17, 15) is 0 Å². The number of hydrogen-bond acceptors (Lipinski definition) is 5. The molecule has 0 fully saturated rings. The number of hydrogen-bond donors (Lipinski definition) is 0. The van der Waals surface area contributed by atoms with Gasteiger partial charge < -0.3 is 28.2 Å². The molecule has 0 N–H and O–H groups in total. The molecule has 8 aromatic carbocycles.